The monoisotopic (exact) mass is 442 g/mol. The van der Waals surface area contributed by atoms with Crippen molar-refractivity contribution in [1.29, 1.82) is 5.26 Å². The lowest BCUT2D eigenvalue weighted by Crippen LogP contribution is -2.61. The Morgan fingerprint density at radius 2 is 2.12 bits per heavy atom. The predicted molar refractivity (Wildman–Crippen MR) is 121 cm³/mol. The van der Waals surface area contributed by atoms with E-state index in [9.17, 15) is 14.7 Å². The Hall–Kier alpha value is -3.96. The maximum atomic E-state index is 13.9. The Morgan fingerprint density at radius 1 is 1.33 bits per heavy atom. The van der Waals surface area contributed by atoms with E-state index >= 15 is 0 Å². The van der Waals surface area contributed by atoms with E-state index in [1.807, 2.05) is 19.9 Å². The molecule has 0 saturated heterocycles. The average Bonchev–Trinajstić information content (AvgIpc) is 3.16. The fourth-order valence-corrected chi connectivity index (χ4v) is 4.73. The predicted octanol–water partition coefficient (Wildman–Crippen LogP) is 2.29. The van der Waals surface area contributed by atoms with Gasteiger partial charge in [0, 0.05) is 16.8 Å². The van der Waals surface area contributed by atoms with Crippen LogP contribution in [0.5, 0.6) is 5.75 Å². The molecule has 0 aromatic heterocycles. The van der Waals surface area contributed by atoms with Gasteiger partial charge in [-0.2, -0.15) is 5.26 Å². The zero-order valence-corrected chi connectivity index (χ0v) is 18.1. The first-order valence-electron chi connectivity index (χ1n) is 10.7. The minimum Gasteiger partial charge on any atom is -0.454 e. The molecule has 8 heteroatoms. The van der Waals surface area contributed by atoms with Gasteiger partial charge in [0.05, 0.1) is 24.1 Å². The van der Waals surface area contributed by atoms with Crippen LogP contribution in [0.3, 0.4) is 0 Å². The molecular formula is C25H22N4O4. The summed E-state index contributed by atoms with van der Waals surface area (Å²) in [7, 11) is 0. The topological polar surface area (TPSA) is 138 Å². The fraction of sp³-hybridized carbons (Fsp3) is 0.280. The minimum atomic E-state index is -2.18. The van der Waals surface area contributed by atoms with Crippen LogP contribution < -0.4 is 15.8 Å². The molecule has 8 nitrogen and oxygen atoms in total. The number of carbonyl (C=O) groups excluding carboxylic acids is 2. The molecule has 33 heavy (non-hydrogen) atoms. The third-order valence-corrected chi connectivity index (χ3v) is 6.52. The summed E-state index contributed by atoms with van der Waals surface area (Å²) >= 11 is 0. The molecule has 0 bridgehead atoms. The SMILES string of the molecule is CC(C)c1ccc2c(c1)OC1(O)c3cccc(N)c3C(=O)C21NC(=O)C1=NCC(C#N)C=C1. The van der Waals surface area contributed by atoms with E-state index in [-0.39, 0.29) is 35.0 Å². The summed E-state index contributed by atoms with van der Waals surface area (Å²) in [6, 6.07) is 12.2. The van der Waals surface area contributed by atoms with Crippen molar-refractivity contribution in [2.45, 2.75) is 31.1 Å². The van der Waals surface area contributed by atoms with Crippen LogP contribution in [0.25, 0.3) is 0 Å². The van der Waals surface area contributed by atoms with E-state index in [1.165, 1.54) is 6.08 Å². The van der Waals surface area contributed by atoms with Gasteiger partial charge >= 0.3 is 0 Å². The van der Waals surface area contributed by atoms with Crippen LogP contribution in [0.1, 0.15) is 46.8 Å². The number of aliphatic hydroxyl groups is 1. The van der Waals surface area contributed by atoms with Crippen molar-refractivity contribution < 1.29 is 19.4 Å². The second-order valence-corrected chi connectivity index (χ2v) is 8.78. The molecule has 5 rings (SSSR count). The molecule has 1 aliphatic carbocycles. The Kier molecular flexibility index (Phi) is 4.45. The molecule has 0 saturated carbocycles. The number of rotatable bonds is 3. The van der Waals surface area contributed by atoms with Crippen LogP contribution in [-0.4, -0.2) is 29.1 Å². The number of aliphatic imine (C=N–C) groups is 1. The number of ether oxygens (including phenoxy) is 1. The molecule has 3 atom stereocenters. The smallest absolute Gasteiger partial charge is 0.271 e. The molecule has 3 aliphatic rings. The van der Waals surface area contributed by atoms with Crippen molar-refractivity contribution in [3.05, 3.63) is 70.8 Å². The molecule has 4 N–H and O–H groups in total. The number of benzene rings is 2. The van der Waals surface area contributed by atoms with Gasteiger partial charge < -0.3 is 20.9 Å². The number of amides is 1. The molecule has 2 aromatic carbocycles. The van der Waals surface area contributed by atoms with Crippen LogP contribution >= 0.6 is 0 Å². The van der Waals surface area contributed by atoms with Gasteiger partial charge in [0.15, 0.2) is 0 Å². The van der Waals surface area contributed by atoms with E-state index in [1.54, 1.807) is 36.4 Å². The molecule has 0 spiro atoms. The molecule has 3 unspecified atom stereocenters. The zero-order valence-electron chi connectivity index (χ0n) is 18.1. The number of Topliss-reactive ketones (excluding diaryl/α,β-unsaturated/α-hetero) is 1. The molecule has 2 aliphatic heterocycles. The molecule has 166 valence electrons. The van der Waals surface area contributed by atoms with Gasteiger partial charge in [-0.25, -0.2) is 0 Å². The standard InChI is InChI=1S/C25H22N4O4/c1-13(2)15-7-8-16-20(10-15)33-25(32)17-4-3-5-18(27)21(17)22(30)24(16,25)29-23(31)19-9-6-14(11-26)12-28-19/h3-10,13-14,32H,12,27H2,1-2H3,(H,29,31). The molecule has 0 radical (unpaired) electrons. The summed E-state index contributed by atoms with van der Waals surface area (Å²) in [6.45, 7) is 4.18. The van der Waals surface area contributed by atoms with Crippen molar-refractivity contribution >= 4 is 23.1 Å². The number of nitrogens with zero attached hydrogens (tertiary/aromatic N) is 2. The third-order valence-electron chi connectivity index (χ3n) is 6.52. The van der Waals surface area contributed by atoms with Crippen molar-refractivity contribution in [3.63, 3.8) is 0 Å². The van der Waals surface area contributed by atoms with Gasteiger partial charge in [-0.05, 0) is 29.7 Å². The molecule has 2 aromatic rings. The number of nitrogen functional groups attached to an aromatic ring is 1. The second kappa shape index (κ2) is 7.02. The highest BCUT2D eigenvalue weighted by Gasteiger charge is 2.72. The van der Waals surface area contributed by atoms with Gasteiger partial charge in [-0.15, -0.1) is 0 Å². The van der Waals surface area contributed by atoms with E-state index in [4.69, 9.17) is 15.7 Å². The third kappa shape index (κ3) is 2.69. The van der Waals surface area contributed by atoms with Gasteiger partial charge in [0.25, 0.3) is 11.7 Å². The van der Waals surface area contributed by atoms with Crippen LogP contribution in [0.15, 0.2) is 53.5 Å². The summed E-state index contributed by atoms with van der Waals surface area (Å²) < 4.78 is 6.05. The first-order valence-corrected chi connectivity index (χ1v) is 10.7. The summed E-state index contributed by atoms with van der Waals surface area (Å²) in [5.41, 5.74) is 6.03. The van der Waals surface area contributed by atoms with E-state index < -0.39 is 28.9 Å². The van der Waals surface area contributed by atoms with Crippen LogP contribution in [0, 0.1) is 17.2 Å². The highest BCUT2D eigenvalue weighted by Crippen LogP contribution is 2.59. The minimum absolute atomic E-state index is 0.0576. The maximum Gasteiger partial charge on any atom is 0.271 e. The number of nitrogens with two attached hydrogens (primary N) is 1. The van der Waals surface area contributed by atoms with E-state index in [0.717, 1.165) is 5.56 Å². The van der Waals surface area contributed by atoms with Gasteiger partial charge in [-0.1, -0.05) is 44.2 Å². The number of ketones is 1. The van der Waals surface area contributed by atoms with E-state index in [0.29, 0.717) is 11.3 Å². The lowest BCUT2D eigenvalue weighted by atomic mass is 9.82. The Balaban J connectivity index is 1.67. The lowest BCUT2D eigenvalue weighted by molar-refractivity contribution is -0.174. The highest BCUT2D eigenvalue weighted by atomic mass is 16.6. The Bertz CT molecular complexity index is 1320. The molecule has 1 amide bonds. The number of dihydropyridines is 1. The number of carbonyl (C=O) groups is 2. The first-order chi connectivity index (χ1) is 15.7. The number of fused-ring (bicyclic) bond motifs is 5. The number of hydrogen-bond donors (Lipinski definition) is 3. The van der Waals surface area contributed by atoms with Crippen LogP contribution in [-0.2, 0) is 16.1 Å². The lowest BCUT2D eigenvalue weighted by Gasteiger charge is -2.34. The highest BCUT2D eigenvalue weighted by molar-refractivity contribution is 6.44. The van der Waals surface area contributed by atoms with Gasteiger partial charge in [0.2, 0.25) is 11.3 Å². The van der Waals surface area contributed by atoms with Gasteiger partial charge in [-0.3, -0.25) is 14.6 Å². The summed E-state index contributed by atoms with van der Waals surface area (Å²) in [5, 5.41) is 23.7. The summed E-state index contributed by atoms with van der Waals surface area (Å²) in [6.07, 6.45) is 3.03. The van der Waals surface area contributed by atoms with Gasteiger partial charge in [0.1, 0.15) is 11.5 Å². The zero-order chi connectivity index (χ0) is 23.5. The van der Waals surface area contributed by atoms with Crippen molar-refractivity contribution in [1.82, 2.24) is 5.32 Å². The quantitative estimate of drug-likeness (QED) is 0.624. The Morgan fingerprint density at radius 3 is 2.79 bits per heavy atom. The normalized spacial score (nSPS) is 26.7. The molecule has 2 heterocycles. The van der Waals surface area contributed by atoms with Crippen molar-refractivity contribution in [2.24, 2.45) is 10.9 Å². The number of anilines is 1. The molecule has 0 fully saturated rings. The average molecular weight is 442 g/mol. The van der Waals surface area contributed by atoms with Crippen molar-refractivity contribution in [2.75, 3.05) is 12.3 Å². The van der Waals surface area contributed by atoms with Crippen LogP contribution in [0.2, 0.25) is 0 Å². The fourth-order valence-electron chi connectivity index (χ4n) is 4.73. The van der Waals surface area contributed by atoms with E-state index in [2.05, 4.69) is 16.4 Å². The number of hydrogen-bond acceptors (Lipinski definition) is 7. The number of nitriles is 1. The summed E-state index contributed by atoms with van der Waals surface area (Å²) in [4.78, 5) is 31.3. The van der Waals surface area contributed by atoms with Crippen LogP contribution in [0.4, 0.5) is 5.69 Å². The second-order valence-electron chi connectivity index (χ2n) is 8.78. The number of nitrogens with one attached hydrogen (secondary N) is 1. The first kappa shape index (κ1) is 20.9. The van der Waals surface area contributed by atoms with Crippen molar-refractivity contribution in [3.8, 4) is 11.8 Å². The summed E-state index contributed by atoms with van der Waals surface area (Å²) in [5.74, 6) is -3.32. The Labute approximate surface area is 190 Å². The molecular weight excluding hydrogens is 420 g/mol. The largest absolute Gasteiger partial charge is 0.454 e. The maximum absolute atomic E-state index is 13.9.